The zero-order valence-electron chi connectivity index (χ0n) is 16.2. The van der Waals surface area contributed by atoms with E-state index in [2.05, 4.69) is 24.0 Å². The van der Waals surface area contributed by atoms with Crippen molar-refractivity contribution >= 4 is 33.2 Å². The highest BCUT2D eigenvalue weighted by atomic mass is 35.5. The monoisotopic (exact) mass is 429 g/mol. The van der Waals surface area contributed by atoms with Crippen LogP contribution in [0.3, 0.4) is 0 Å². The van der Waals surface area contributed by atoms with Gasteiger partial charge in [0.25, 0.3) is 5.56 Å². The lowest BCUT2D eigenvalue weighted by Gasteiger charge is -2.17. The standard InChI is InChI=1S/C21H20ClN3O3S/c1-12(2)15-9-14(27-3)10-16-19(15)20(26)25(29-16)21(13-7-5-4-6-8-13)28-18-11-17(22)23-24-18/h4-12,21H,1-3H3,(H,23,24). The highest BCUT2D eigenvalue weighted by Gasteiger charge is 2.24. The fraction of sp³-hybridized carbons (Fsp3) is 0.238. The number of rotatable bonds is 6. The maximum atomic E-state index is 13.5. The number of halogens is 1. The molecule has 2 aromatic heterocycles. The average molecular weight is 430 g/mol. The van der Waals surface area contributed by atoms with E-state index >= 15 is 0 Å². The molecule has 0 aliphatic rings. The molecule has 2 aromatic carbocycles. The number of hydrogen-bond acceptors (Lipinski definition) is 5. The first-order valence-corrected chi connectivity index (χ1v) is 10.3. The number of methoxy groups -OCH3 is 1. The Morgan fingerprint density at radius 2 is 1.93 bits per heavy atom. The lowest BCUT2D eigenvalue weighted by molar-refractivity contribution is 0.174. The van der Waals surface area contributed by atoms with Crippen LogP contribution in [-0.4, -0.2) is 21.3 Å². The summed E-state index contributed by atoms with van der Waals surface area (Å²) < 4.78 is 14.0. The van der Waals surface area contributed by atoms with Gasteiger partial charge >= 0.3 is 0 Å². The molecule has 4 rings (SSSR count). The van der Waals surface area contributed by atoms with Gasteiger partial charge in [-0.15, -0.1) is 5.10 Å². The van der Waals surface area contributed by atoms with Crippen LogP contribution in [0.15, 0.2) is 53.3 Å². The third-order valence-corrected chi connectivity index (χ3v) is 5.89. The second-order valence-corrected chi connectivity index (χ2v) is 8.32. The normalized spacial score (nSPS) is 12.4. The lowest BCUT2D eigenvalue weighted by Crippen LogP contribution is -2.25. The molecule has 150 valence electrons. The number of aromatic nitrogens is 3. The summed E-state index contributed by atoms with van der Waals surface area (Å²) >= 11 is 7.28. The Morgan fingerprint density at radius 1 is 1.17 bits per heavy atom. The molecule has 2 heterocycles. The molecule has 0 radical (unpaired) electrons. The summed E-state index contributed by atoms with van der Waals surface area (Å²) in [5, 5.41) is 7.75. The van der Waals surface area contributed by atoms with Crippen molar-refractivity contribution in [3.63, 3.8) is 0 Å². The molecular weight excluding hydrogens is 410 g/mol. The summed E-state index contributed by atoms with van der Waals surface area (Å²) in [7, 11) is 1.63. The van der Waals surface area contributed by atoms with Crippen molar-refractivity contribution in [3.8, 4) is 11.6 Å². The summed E-state index contributed by atoms with van der Waals surface area (Å²) in [6, 6.07) is 15.0. The van der Waals surface area contributed by atoms with Crippen molar-refractivity contribution in [1.29, 1.82) is 0 Å². The zero-order valence-corrected chi connectivity index (χ0v) is 17.8. The minimum Gasteiger partial charge on any atom is -0.497 e. The van der Waals surface area contributed by atoms with Gasteiger partial charge in [-0.25, -0.2) is 3.96 Å². The van der Waals surface area contributed by atoms with Crippen LogP contribution in [0, 0.1) is 0 Å². The largest absolute Gasteiger partial charge is 0.497 e. The molecule has 4 aromatic rings. The zero-order chi connectivity index (χ0) is 20.5. The Kier molecular flexibility index (Phi) is 5.34. The van der Waals surface area contributed by atoms with Gasteiger partial charge < -0.3 is 9.47 Å². The molecule has 29 heavy (non-hydrogen) atoms. The van der Waals surface area contributed by atoms with Crippen molar-refractivity contribution in [3.05, 3.63) is 75.2 Å². The van der Waals surface area contributed by atoms with E-state index in [0.717, 1.165) is 21.6 Å². The lowest BCUT2D eigenvalue weighted by atomic mass is 9.99. The van der Waals surface area contributed by atoms with Crippen LogP contribution < -0.4 is 15.0 Å². The van der Waals surface area contributed by atoms with Gasteiger partial charge in [0.15, 0.2) is 0 Å². The molecule has 0 aliphatic carbocycles. The predicted octanol–water partition coefficient (Wildman–Crippen LogP) is 5.20. The number of nitrogens with one attached hydrogen (secondary N) is 1. The van der Waals surface area contributed by atoms with Crippen molar-refractivity contribution in [2.45, 2.75) is 26.0 Å². The molecule has 1 atom stereocenters. The van der Waals surface area contributed by atoms with E-state index in [-0.39, 0.29) is 11.5 Å². The van der Waals surface area contributed by atoms with Gasteiger partial charge in [0, 0.05) is 11.6 Å². The molecule has 0 spiro atoms. The van der Waals surface area contributed by atoms with Crippen LogP contribution in [0.2, 0.25) is 5.15 Å². The Labute approximate surface area is 176 Å². The van der Waals surface area contributed by atoms with Gasteiger partial charge in [-0.3, -0.25) is 9.89 Å². The number of aromatic amines is 1. The molecule has 0 amide bonds. The maximum absolute atomic E-state index is 13.5. The topological polar surface area (TPSA) is 69.1 Å². The fourth-order valence-corrected chi connectivity index (χ4v) is 4.47. The highest BCUT2D eigenvalue weighted by Crippen LogP contribution is 2.34. The van der Waals surface area contributed by atoms with E-state index in [1.54, 1.807) is 17.1 Å². The number of H-pyrrole nitrogens is 1. The van der Waals surface area contributed by atoms with Crippen molar-refractivity contribution in [2.75, 3.05) is 7.11 Å². The van der Waals surface area contributed by atoms with Crippen LogP contribution in [0.4, 0.5) is 0 Å². The van der Waals surface area contributed by atoms with Gasteiger partial charge in [0.05, 0.1) is 17.2 Å². The van der Waals surface area contributed by atoms with E-state index in [1.165, 1.54) is 11.5 Å². The Bertz CT molecular complexity index is 1200. The third-order valence-electron chi connectivity index (χ3n) is 4.63. The third kappa shape index (κ3) is 3.75. The van der Waals surface area contributed by atoms with E-state index in [1.807, 2.05) is 42.5 Å². The minimum absolute atomic E-state index is 0.105. The Hall–Kier alpha value is -2.77. The van der Waals surface area contributed by atoms with Crippen molar-refractivity contribution < 1.29 is 9.47 Å². The van der Waals surface area contributed by atoms with Gasteiger partial charge in [-0.2, -0.15) is 0 Å². The van der Waals surface area contributed by atoms with E-state index < -0.39 is 6.23 Å². The molecule has 1 unspecified atom stereocenters. The Balaban J connectivity index is 1.91. The van der Waals surface area contributed by atoms with Crippen LogP contribution in [0.25, 0.3) is 10.1 Å². The Morgan fingerprint density at radius 3 is 2.55 bits per heavy atom. The number of fused-ring (bicyclic) bond motifs is 1. The highest BCUT2D eigenvalue weighted by molar-refractivity contribution is 7.14. The van der Waals surface area contributed by atoms with Gasteiger partial charge in [-0.1, -0.05) is 67.3 Å². The first-order valence-electron chi connectivity index (χ1n) is 9.14. The first kappa shape index (κ1) is 19.5. The average Bonchev–Trinajstić information content (AvgIpc) is 3.28. The fourth-order valence-electron chi connectivity index (χ4n) is 3.22. The summed E-state index contributed by atoms with van der Waals surface area (Å²) in [6.07, 6.45) is -0.675. The van der Waals surface area contributed by atoms with Crippen LogP contribution in [-0.2, 0) is 0 Å². The summed E-state index contributed by atoms with van der Waals surface area (Å²) in [5.74, 6) is 1.21. The summed E-state index contributed by atoms with van der Waals surface area (Å²) in [5.41, 5.74) is 1.68. The molecule has 0 saturated heterocycles. The molecular formula is C21H20ClN3O3S. The van der Waals surface area contributed by atoms with Crippen molar-refractivity contribution in [1.82, 2.24) is 14.2 Å². The molecule has 0 aliphatic heterocycles. The smallest absolute Gasteiger partial charge is 0.272 e. The number of nitrogens with zero attached hydrogens (tertiary/aromatic N) is 2. The number of ether oxygens (including phenoxy) is 2. The van der Waals surface area contributed by atoms with Crippen LogP contribution >= 0.6 is 23.1 Å². The SMILES string of the molecule is COc1cc(C(C)C)c2c(=O)n(C(Oc3cc(Cl)[nH]n3)c3ccccc3)sc2c1. The van der Waals surface area contributed by atoms with Crippen LogP contribution in [0.5, 0.6) is 11.6 Å². The molecule has 0 bridgehead atoms. The van der Waals surface area contributed by atoms with Crippen LogP contribution in [0.1, 0.15) is 37.1 Å². The molecule has 0 fully saturated rings. The van der Waals surface area contributed by atoms with Crippen molar-refractivity contribution in [2.24, 2.45) is 0 Å². The van der Waals surface area contributed by atoms with Gasteiger partial charge in [0.2, 0.25) is 12.1 Å². The molecule has 1 N–H and O–H groups in total. The summed E-state index contributed by atoms with van der Waals surface area (Å²) in [6.45, 7) is 4.12. The predicted molar refractivity (Wildman–Crippen MR) is 116 cm³/mol. The number of benzene rings is 2. The molecule has 6 nitrogen and oxygen atoms in total. The van der Waals surface area contributed by atoms with Gasteiger partial charge in [0.1, 0.15) is 10.9 Å². The minimum atomic E-state index is -0.675. The second-order valence-electron chi connectivity index (χ2n) is 6.90. The number of hydrogen-bond donors (Lipinski definition) is 1. The van der Waals surface area contributed by atoms with E-state index in [0.29, 0.717) is 16.4 Å². The van der Waals surface area contributed by atoms with E-state index in [9.17, 15) is 4.79 Å². The first-order chi connectivity index (χ1) is 14.0. The summed E-state index contributed by atoms with van der Waals surface area (Å²) in [4.78, 5) is 13.5. The maximum Gasteiger partial charge on any atom is 0.272 e. The molecule has 0 saturated carbocycles. The quantitative estimate of drug-likeness (QED) is 0.457. The van der Waals surface area contributed by atoms with E-state index in [4.69, 9.17) is 21.1 Å². The second kappa shape index (κ2) is 7.93. The van der Waals surface area contributed by atoms with Gasteiger partial charge in [-0.05, 0) is 23.6 Å². The molecule has 8 heteroatoms.